The van der Waals surface area contributed by atoms with E-state index >= 15 is 0 Å². The van der Waals surface area contributed by atoms with Gasteiger partial charge in [-0.3, -0.25) is 4.55 Å². The summed E-state index contributed by atoms with van der Waals surface area (Å²) in [6.45, 7) is 16.1. The fourth-order valence-corrected chi connectivity index (χ4v) is 8.15. The highest BCUT2D eigenvalue weighted by molar-refractivity contribution is 7.86. The normalized spacial score (nSPS) is 16.8. The van der Waals surface area contributed by atoms with Crippen molar-refractivity contribution in [1.29, 1.82) is 0 Å². The third-order valence-corrected chi connectivity index (χ3v) is 9.87. The molecule has 0 amide bonds. The first-order valence-electron chi connectivity index (χ1n) is 15.7. The van der Waals surface area contributed by atoms with Crippen molar-refractivity contribution in [2.24, 2.45) is 0 Å². The summed E-state index contributed by atoms with van der Waals surface area (Å²) < 4.78 is 68.5. The Morgan fingerprint density at radius 1 is 0.918 bits per heavy atom. The molecule has 3 aromatic rings. The fourth-order valence-electron chi connectivity index (χ4n) is 7.52. The lowest BCUT2D eigenvalue weighted by atomic mass is 9.83. The van der Waals surface area contributed by atoms with E-state index in [1.165, 1.54) is 0 Å². The van der Waals surface area contributed by atoms with Gasteiger partial charge in [0.2, 0.25) is 5.36 Å². The average Bonchev–Trinajstić information content (AvgIpc) is 2.97. The lowest BCUT2D eigenvalue weighted by Crippen LogP contribution is -2.50. The zero-order valence-electron chi connectivity index (χ0n) is 28.4. The van der Waals surface area contributed by atoms with Crippen molar-refractivity contribution < 1.29 is 40.2 Å². The van der Waals surface area contributed by atoms with Crippen LogP contribution in [0.3, 0.4) is 0 Å². The maximum Gasteiger partial charge on any atom is 0.425 e. The van der Waals surface area contributed by atoms with Gasteiger partial charge >= 0.3 is 16.6 Å². The lowest BCUT2D eigenvalue weighted by molar-refractivity contribution is 0.0696. The fraction of sp³-hybridized carbons (Fsp3) is 0.333. The van der Waals surface area contributed by atoms with Crippen LogP contribution in [0.1, 0.15) is 81.1 Å². The molecule has 0 aliphatic carbocycles. The molecule has 0 spiro atoms. The number of allylic oxidation sites excluding steroid dienone is 1. The van der Waals surface area contributed by atoms with Crippen LogP contribution in [0.15, 0.2) is 60.7 Å². The van der Waals surface area contributed by atoms with Crippen LogP contribution in [0, 0.1) is 0 Å². The van der Waals surface area contributed by atoms with Gasteiger partial charge < -0.3 is 14.7 Å². The standard InChI is InChI=1S/C36H38N2O6S.O3S/c1-8-37-29-16-31-27(14-25(29)21(3)18-35(37,4)5)33(23-12-10-11-13-24(23)34(39)40)28-15-26-22(20-45(41,42)43)19-36(6,7)38(9-2)30(26)17-32(28)44-31;1-4(2)3/h10-19H,8-9,20H2,1-7H3,(H-,39,40,41,42,43);/p+1. The molecule has 11 nitrogen and oxygen atoms in total. The molecular formula is C36H39N2O9S2+. The number of rotatable bonds is 6. The summed E-state index contributed by atoms with van der Waals surface area (Å²) in [5.41, 5.74) is 5.70. The highest BCUT2D eigenvalue weighted by Gasteiger charge is 2.37. The minimum absolute atomic E-state index is 0.148. The monoisotopic (exact) mass is 707 g/mol. The third-order valence-electron chi connectivity index (χ3n) is 9.19. The average molecular weight is 708 g/mol. The summed E-state index contributed by atoms with van der Waals surface area (Å²) in [6.07, 6.45) is 4.13. The molecule has 3 aromatic carbocycles. The summed E-state index contributed by atoms with van der Waals surface area (Å²) >= 11 is 0. The number of carboxylic acid groups (broad SMARTS) is 1. The van der Waals surface area contributed by atoms with Crippen LogP contribution in [-0.4, -0.2) is 66.6 Å². The van der Waals surface area contributed by atoms with E-state index in [1.54, 1.807) is 18.2 Å². The van der Waals surface area contributed by atoms with Gasteiger partial charge in [-0.25, -0.2) is 9.37 Å². The van der Waals surface area contributed by atoms with Crippen LogP contribution in [0.2, 0.25) is 0 Å². The number of hydrogen-bond acceptors (Lipinski definition) is 8. The molecule has 0 atom stereocenters. The summed E-state index contributed by atoms with van der Waals surface area (Å²) in [6, 6.07) is 14.9. The molecule has 258 valence electrons. The first kappa shape index (κ1) is 35.7. The Hall–Kier alpha value is -4.59. The van der Waals surface area contributed by atoms with Crippen molar-refractivity contribution in [2.45, 2.75) is 59.5 Å². The number of carbonyl (C=O) groups is 1. The minimum atomic E-state index is -4.34. The molecule has 0 bridgehead atoms. The summed E-state index contributed by atoms with van der Waals surface area (Å²) in [4.78, 5) is 14.9. The van der Waals surface area contributed by atoms with Gasteiger partial charge in [0.05, 0.1) is 22.7 Å². The Balaban J connectivity index is 0.00000111. The van der Waals surface area contributed by atoms with E-state index in [-0.39, 0.29) is 11.1 Å². The van der Waals surface area contributed by atoms with Gasteiger partial charge in [-0.15, -0.1) is 12.6 Å². The van der Waals surface area contributed by atoms with Crippen molar-refractivity contribution in [3.05, 3.63) is 99.1 Å². The van der Waals surface area contributed by atoms with Crippen molar-refractivity contribution in [1.82, 2.24) is 4.58 Å². The summed E-state index contributed by atoms with van der Waals surface area (Å²) in [5, 5.41) is 11.7. The molecule has 3 aliphatic rings. The molecule has 0 fully saturated rings. The summed E-state index contributed by atoms with van der Waals surface area (Å²) in [7, 11) is -7.45. The number of ether oxygens (including phenoxy) is 1. The topological polar surface area (TPSA) is 158 Å². The zero-order chi connectivity index (χ0) is 36.2. The Bertz CT molecular complexity index is 2330. The SMILES string of the molecule is CCN1c2cc3c(cc2C(C)=CC1(C)C)C(c1ccccc1C(=O)O)=c1cc2c(cc1O3)=[N+](CC)C(C)(C)C=C2CS(=O)(=O)O.O=S(=O)=O. The highest BCUT2D eigenvalue weighted by atomic mass is 32.2. The van der Waals surface area contributed by atoms with Crippen LogP contribution in [0.25, 0.3) is 16.7 Å². The molecule has 3 aliphatic heterocycles. The maximum atomic E-state index is 12.6. The number of benzene rings is 3. The molecular weight excluding hydrogens is 669 g/mol. The molecule has 0 radical (unpaired) electrons. The van der Waals surface area contributed by atoms with Gasteiger partial charge in [0.15, 0.2) is 5.54 Å². The molecule has 3 heterocycles. The summed E-state index contributed by atoms with van der Waals surface area (Å²) in [5.74, 6) is -0.431. The Labute approximate surface area is 287 Å². The van der Waals surface area contributed by atoms with Crippen LogP contribution >= 0.6 is 0 Å². The lowest BCUT2D eigenvalue weighted by Gasteiger charge is -2.43. The van der Waals surface area contributed by atoms with Gasteiger partial charge in [-0.2, -0.15) is 8.42 Å². The second-order valence-electron chi connectivity index (χ2n) is 13.3. The number of carboxylic acids is 1. The number of nitrogens with zero attached hydrogens (tertiary/aromatic N) is 2. The Kier molecular flexibility index (Phi) is 9.26. The molecule has 0 unspecified atom stereocenters. The number of fused-ring (bicyclic) bond motifs is 4. The molecule has 49 heavy (non-hydrogen) atoms. The van der Waals surface area contributed by atoms with E-state index in [4.69, 9.17) is 17.4 Å². The van der Waals surface area contributed by atoms with Crippen molar-refractivity contribution >= 4 is 49.1 Å². The van der Waals surface area contributed by atoms with Gasteiger partial charge in [0, 0.05) is 54.1 Å². The van der Waals surface area contributed by atoms with Gasteiger partial charge in [0.1, 0.15) is 23.8 Å². The smallest absolute Gasteiger partial charge is 0.425 e. The predicted octanol–water partition coefficient (Wildman–Crippen LogP) is 4.33. The van der Waals surface area contributed by atoms with Crippen molar-refractivity contribution in [3.8, 4) is 11.5 Å². The van der Waals surface area contributed by atoms with Crippen molar-refractivity contribution in [3.63, 3.8) is 0 Å². The second kappa shape index (κ2) is 12.7. The molecule has 0 aromatic heterocycles. The quantitative estimate of drug-likeness (QED) is 0.218. The number of aromatic carboxylic acids is 1. The largest absolute Gasteiger partial charge is 0.478 e. The van der Waals surface area contributed by atoms with Crippen LogP contribution in [-0.2, 0) is 20.7 Å². The molecule has 13 heteroatoms. The molecule has 0 saturated heterocycles. The minimum Gasteiger partial charge on any atom is -0.478 e. The number of likely N-dealkylation sites (N-methyl/N-ethyl adjacent to an activating group) is 2. The van der Waals surface area contributed by atoms with Crippen LogP contribution < -0.4 is 24.8 Å². The zero-order valence-corrected chi connectivity index (χ0v) is 30.0. The first-order chi connectivity index (χ1) is 22.8. The van der Waals surface area contributed by atoms with Gasteiger partial charge in [0.25, 0.3) is 10.1 Å². The van der Waals surface area contributed by atoms with Gasteiger partial charge in [-0.1, -0.05) is 24.3 Å². The number of anilines is 1. The van der Waals surface area contributed by atoms with Crippen molar-refractivity contribution in [2.75, 3.05) is 23.7 Å². The van der Waals surface area contributed by atoms with E-state index < -0.39 is 38.0 Å². The predicted molar refractivity (Wildman–Crippen MR) is 188 cm³/mol. The molecule has 2 N–H and O–H groups in total. The van der Waals surface area contributed by atoms with Crippen LogP contribution in [0.4, 0.5) is 5.69 Å². The Morgan fingerprint density at radius 2 is 1.57 bits per heavy atom. The second-order valence-corrected chi connectivity index (χ2v) is 15.1. The van der Waals surface area contributed by atoms with Gasteiger partial charge in [-0.05, 0) is 75.6 Å². The first-order valence-corrected chi connectivity index (χ1v) is 18.3. The highest BCUT2D eigenvalue weighted by Crippen LogP contribution is 2.46. The maximum absolute atomic E-state index is 12.6. The third kappa shape index (κ3) is 6.70. The molecule has 0 saturated carbocycles. The van der Waals surface area contributed by atoms with E-state index in [0.29, 0.717) is 45.5 Å². The number of hydrogen-bond donors (Lipinski definition) is 2. The van der Waals surface area contributed by atoms with Crippen LogP contribution in [0.5, 0.6) is 11.5 Å². The van der Waals surface area contributed by atoms with E-state index in [1.807, 2.05) is 45.0 Å². The molecule has 6 rings (SSSR count). The van der Waals surface area contributed by atoms with E-state index in [0.717, 1.165) is 34.3 Å². The Morgan fingerprint density at radius 3 is 2.16 bits per heavy atom. The van der Waals surface area contributed by atoms with E-state index in [2.05, 4.69) is 55.4 Å². The van der Waals surface area contributed by atoms with E-state index in [9.17, 15) is 22.9 Å².